The Hall–Kier alpha value is -2.06. The summed E-state index contributed by atoms with van der Waals surface area (Å²) in [6.07, 6.45) is -3.42. The summed E-state index contributed by atoms with van der Waals surface area (Å²) >= 11 is 0. The van der Waals surface area contributed by atoms with Gasteiger partial charge in [-0.3, -0.25) is 4.79 Å². The van der Waals surface area contributed by atoms with Crippen LogP contribution in [0.5, 0.6) is 0 Å². The number of nitrogens with one attached hydrogen (secondary N) is 1. The third kappa shape index (κ3) is 4.02. The van der Waals surface area contributed by atoms with E-state index in [1.54, 1.807) is 26.0 Å². The summed E-state index contributed by atoms with van der Waals surface area (Å²) in [4.78, 5) is 11.9. The van der Waals surface area contributed by atoms with Crippen molar-refractivity contribution in [3.63, 3.8) is 0 Å². The number of nitrogens with two attached hydrogens (primary N) is 1. The van der Waals surface area contributed by atoms with Crippen LogP contribution >= 0.6 is 12.4 Å². The monoisotopic (exact) mass is 388 g/mol. The van der Waals surface area contributed by atoms with Crippen molar-refractivity contribution in [2.24, 2.45) is 5.73 Å². The fraction of sp³-hybridized carbons (Fsp3) is 0.412. The molecule has 0 unspecified atom stereocenters. The summed E-state index contributed by atoms with van der Waals surface area (Å²) in [5, 5.41) is 6.71. The maximum atomic E-state index is 13.5. The molecular weight excluding hydrogens is 369 g/mol. The Balaban J connectivity index is 0.00000243. The SMILES string of the molecule is Cc1cc(C)n(-c2ccc(CNC(=O)C3(N)CC3)c(C(F)(F)F)c2)n1.Cl. The fourth-order valence-electron chi connectivity index (χ4n) is 2.72. The predicted octanol–water partition coefficient (Wildman–Crippen LogP) is 3.04. The van der Waals surface area contributed by atoms with Crippen molar-refractivity contribution in [2.45, 2.75) is 44.9 Å². The minimum Gasteiger partial charge on any atom is -0.350 e. The molecule has 2 aromatic rings. The van der Waals surface area contributed by atoms with Crippen LogP contribution in [0.25, 0.3) is 5.69 Å². The average Bonchev–Trinajstić information content (AvgIpc) is 3.19. The largest absolute Gasteiger partial charge is 0.416 e. The number of carbonyl (C=O) groups excluding carboxylic acids is 1. The zero-order chi connectivity index (χ0) is 18.4. The van der Waals surface area contributed by atoms with E-state index in [4.69, 9.17) is 5.73 Å². The summed E-state index contributed by atoms with van der Waals surface area (Å²) in [5.41, 5.74) is 5.83. The van der Waals surface area contributed by atoms with Crippen LogP contribution in [0, 0.1) is 13.8 Å². The number of amides is 1. The van der Waals surface area contributed by atoms with E-state index in [9.17, 15) is 18.0 Å². The van der Waals surface area contributed by atoms with E-state index in [1.807, 2.05) is 0 Å². The molecule has 1 heterocycles. The number of benzene rings is 1. The molecule has 26 heavy (non-hydrogen) atoms. The van der Waals surface area contributed by atoms with Gasteiger partial charge in [0.15, 0.2) is 0 Å². The summed E-state index contributed by atoms with van der Waals surface area (Å²) < 4.78 is 41.8. The molecule has 1 aliphatic carbocycles. The van der Waals surface area contributed by atoms with Crippen LogP contribution in [0.3, 0.4) is 0 Å². The first-order chi connectivity index (χ1) is 11.6. The lowest BCUT2D eigenvalue weighted by Crippen LogP contribution is -2.42. The van der Waals surface area contributed by atoms with Gasteiger partial charge in [0.2, 0.25) is 5.91 Å². The van der Waals surface area contributed by atoms with Gasteiger partial charge in [-0.05, 0) is 50.5 Å². The highest BCUT2D eigenvalue weighted by Crippen LogP contribution is 2.35. The van der Waals surface area contributed by atoms with Crippen molar-refractivity contribution in [1.82, 2.24) is 15.1 Å². The summed E-state index contributed by atoms with van der Waals surface area (Å²) in [6.45, 7) is 3.33. The van der Waals surface area contributed by atoms with E-state index in [0.29, 0.717) is 18.5 Å². The lowest BCUT2D eigenvalue weighted by atomic mass is 10.1. The molecule has 0 radical (unpaired) electrons. The predicted molar refractivity (Wildman–Crippen MR) is 93.3 cm³/mol. The molecule has 0 saturated heterocycles. The lowest BCUT2D eigenvalue weighted by Gasteiger charge is -2.17. The van der Waals surface area contributed by atoms with Crippen molar-refractivity contribution < 1.29 is 18.0 Å². The van der Waals surface area contributed by atoms with Crippen LogP contribution in [0.15, 0.2) is 24.3 Å². The number of rotatable bonds is 4. The van der Waals surface area contributed by atoms with Crippen molar-refractivity contribution in [2.75, 3.05) is 0 Å². The maximum absolute atomic E-state index is 13.5. The lowest BCUT2D eigenvalue weighted by molar-refractivity contribution is -0.138. The van der Waals surface area contributed by atoms with Gasteiger partial charge in [-0.1, -0.05) is 6.07 Å². The number of carbonyl (C=O) groups is 1. The molecule has 1 aliphatic rings. The quantitative estimate of drug-likeness (QED) is 0.845. The number of hydrogen-bond acceptors (Lipinski definition) is 3. The average molecular weight is 389 g/mol. The summed E-state index contributed by atoms with van der Waals surface area (Å²) in [6, 6.07) is 5.77. The standard InChI is InChI=1S/C17H19F3N4O.ClH/c1-10-7-11(2)24(23-10)13-4-3-12(14(8-13)17(18,19)20)9-22-15(25)16(21)5-6-16;/h3-4,7-8H,5-6,9,21H2,1-2H3,(H,22,25);1H. The second kappa shape index (κ2) is 6.92. The third-order valence-corrected chi connectivity index (χ3v) is 4.33. The first kappa shape index (κ1) is 20.3. The Bertz CT molecular complexity index is 828. The molecule has 5 nitrogen and oxygen atoms in total. The molecule has 1 aromatic carbocycles. The van der Waals surface area contributed by atoms with Crippen LogP contribution in [0.1, 0.15) is 35.4 Å². The molecule has 0 spiro atoms. The number of hydrogen-bond donors (Lipinski definition) is 2. The topological polar surface area (TPSA) is 72.9 Å². The van der Waals surface area contributed by atoms with Crippen LogP contribution in [0.4, 0.5) is 13.2 Å². The second-order valence-corrected chi connectivity index (χ2v) is 6.52. The van der Waals surface area contributed by atoms with Gasteiger partial charge < -0.3 is 11.1 Å². The van der Waals surface area contributed by atoms with Gasteiger partial charge in [-0.2, -0.15) is 18.3 Å². The van der Waals surface area contributed by atoms with E-state index in [0.717, 1.165) is 17.5 Å². The Morgan fingerprint density at radius 1 is 1.31 bits per heavy atom. The Labute approximate surface area is 155 Å². The molecule has 1 aromatic heterocycles. The molecule has 9 heteroatoms. The molecule has 3 N–H and O–H groups in total. The smallest absolute Gasteiger partial charge is 0.350 e. The van der Waals surface area contributed by atoms with Gasteiger partial charge in [0.1, 0.15) is 0 Å². The van der Waals surface area contributed by atoms with Gasteiger partial charge in [0, 0.05) is 12.2 Å². The first-order valence-electron chi connectivity index (χ1n) is 7.91. The normalized spacial score (nSPS) is 15.3. The number of aryl methyl sites for hydroxylation is 2. The van der Waals surface area contributed by atoms with Gasteiger partial charge in [-0.15, -0.1) is 12.4 Å². The summed E-state index contributed by atoms with van der Waals surface area (Å²) in [7, 11) is 0. The van der Waals surface area contributed by atoms with E-state index in [1.165, 1.54) is 10.7 Å². The van der Waals surface area contributed by atoms with E-state index < -0.39 is 23.2 Å². The molecule has 142 valence electrons. The Kier molecular flexibility index (Phi) is 5.39. The van der Waals surface area contributed by atoms with Crippen molar-refractivity contribution in [1.29, 1.82) is 0 Å². The van der Waals surface area contributed by atoms with Crippen molar-refractivity contribution in [3.8, 4) is 5.69 Å². The van der Waals surface area contributed by atoms with E-state index in [2.05, 4.69) is 10.4 Å². The van der Waals surface area contributed by atoms with Gasteiger partial charge in [0.05, 0.1) is 22.5 Å². The first-order valence-corrected chi connectivity index (χ1v) is 7.91. The van der Waals surface area contributed by atoms with E-state index in [-0.39, 0.29) is 24.5 Å². The van der Waals surface area contributed by atoms with Crippen LogP contribution in [0.2, 0.25) is 0 Å². The minimum atomic E-state index is -4.54. The van der Waals surface area contributed by atoms with Crippen molar-refractivity contribution in [3.05, 3.63) is 46.8 Å². The fourth-order valence-corrected chi connectivity index (χ4v) is 2.72. The highest BCUT2D eigenvalue weighted by Gasteiger charge is 2.46. The van der Waals surface area contributed by atoms with Crippen LogP contribution in [-0.4, -0.2) is 21.2 Å². The highest BCUT2D eigenvalue weighted by molar-refractivity contribution is 5.88. The highest BCUT2D eigenvalue weighted by atomic mass is 35.5. The van der Waals surface area contributed by atoms with E-state index >= 15 is 0 Å². The maximum Gasteiger partial charge on any atom is 0.416 e. The second-order valence-electron chi connectivity index (χ2n) is 6.52. The number of aromatic nitrogens is 2. The molecule has 0 bridgehead atoms. The molecule has 1 amide bonds. The Morgan fingerprint density at radius 3 is 2.46 bits per heavy atom. The van der Waals surface area contributed by atoms with Gasteiger partial charge in [0.25, 0.3) is 0 Å². The molecule has 0 aliphatic heterocycles. The number of alkyl halides is 3. The molecular formula is C17H20ClF3N4O. The third-order valence-electron chi connectivity index (χ3n) is 4.33. The molecule has 1 saturated carbocycles. The van der Waals surface area contributed by atoms with Gasteiger partial charge >= 0.3 is 6.18 Å². The minimum absolute atomic E-state index is 0. The summed E-state index contributed by atoms with van der Waals surface area (Å²) in [5.74, 6) is -0.414. The molecule has 1 fully saturated rings. The zero-order valence-corrected chi connectivity index (χ0v) is 15.2. The zero-order valence-electron chi connectivity index (χ0n) is 14.4. The van der Waals surface area contributed by atoms with Gasteiger partial charge in [-0.25, -0.2) is 4.68 Å². The Morgan fingerprint density at radius 2 is 1.96 bits per heavy atom. The molecule has 3 rings (SSSR count). The van der Waals surface area contributed by atoms with Crippen LogP contribution in [-0.2, 0) is 17.5 Å². The number of nitrogens with zero attached hydrogens (tertiary/aromatic N) is 2. The molecule has 0 atom stereocenters. The number of halogens is 4. The van der Waals surface area contributed by atoms with Crippen molar-refractivity contribution >= 4 is 18.3 Å². The van der Waals surface area contributed by atoms with Crippen LogP contribution < -0.4 is 11.1 Å².